The number of likely N-dealkylation sites (N-methyl/N-ethyl adjacent to an activating group) is 1. The number of nitrogens with one attached hydrogen (secondary N) is 1. The average Bonchev–Trinajstić information content (AvgIpc) is 3.24. The van der Waals surface area contributed by atoms with Crippen molar-refractivity contribution in [3.63, 3.8) is 0 Å². The van der Waals surface area contributed by atoms with E-state index in [9.17, 15) is 19.4 Å². The van der Waals surface area contributed by atoms with Crippen LogP contribution in [0.3, 0.4) is 0 Å². The Morgan fingerprint density at radius 3 is 1.40 bits per heavy atom. The molecule has 63 heavy (non-hydrogen) atoms. The van der Waals surface area contributed by atoms with Gasteiger partial charge in [-0.2, -0.15) is 0 Å². The molecule has 0 saturated heterocycles. The number of carbonyl (C=O) groups excluding carboxylic acids is 1. The maximum Gasteiger partial charge on any atom is 0.472 e. The van der Waals surface area contributed by atoms with E-state index in [0.29, 0.717) is 17.4 Å². The molecule has 0 aromatic heterocycles. The number of aliphatic hydroxyl groups is 1. The van der Waals surface area contributed by atoms with Gasteiger partial charge in [0, 0.05) is 6.42 Å². The molecule has 0 heterocycles. The van der Waals surface area contributed by atoms with Crippen LogP contribution in [0.25, 0.3) is 0 Å². The van der Waals surface area contributed by atoms with Crippen molar-refractivity contribution < 1.29 is 32.9 Å². The Labute approximate surface area is 387 Å². The smallest absolute Gasteiger partial charge is 0.387 e. The van der Waals surface area contributed by atoms with E-state index in [1.165, 1.54) is 64.2 Å². The minimum Gasteiger partial charge on any atom is -0.387 e. The van der Waals surface area contributed by atoms with Crippen LogP contribution in [-0.4, -0.2) is 73.4 Å². The van der Waals surface area contributed by atoms with E-state index in [-0.39, 0.29) is 19.1 Å². The van der Waals surface area contributed by atoms with Gasteiger partial charge < -0.3 is 19.8 Å². The van der Waals surface area contributed by atoms with Gasteiger partial charge in [0.2, 0.25) is 5.91 Å². The summed E-state index contributed by atoms with van der Waals surface area (Å²) in [6, 6.07) is -0.875. The molecule has 0 aromatic rings. The van der Waals surface area contributed by atoms with Gasteiger partial charge in [-0.1, -0.05) is 187 Å². The monoisotopic (exact) mass is 898 g/mol. The Bertz CT molecular complexity index is 1390. The first kappa shape index (κ1) is 60.2. The molecule has 0 fully saturated rings. The molecule has 0 aliphatic heterocycles. The van der Waals surface area contributed by atoms with E-state index >= 15 is 0 Å². The summed E-state index contributed by atoms with van der Waals surface area (Å²) in [4.78, 5) is 23.1. The highest BCUT2D eigenvalue weighted by Crippen LogP contribution is 2.43. The number of phosphoric ester groups is 1. The fourth-order valence-corrected chi connectivity index (χ4v) is 7.11. The normalized spacial score (nSPS) is 15.1. The van der Waals surface area contributed by atoms with Gasteiger partial charge in [-0.25, -0.2) is 4.57 Å². The molecule has 0 radical (unpaired) electrons. The fraction of sp³-hybridized carbons (Fsp3) is 0.648. The number of aliphatic hydroxyl groups excluding tert-OH is 1. The Morgan fingerprint density at radius 1 is 0.540 bits per heavy atom. The molecule has 8 nitrogen and oxygen atoms in total. The van der Waals surface area contributed by atoms with E-state index in [0.717, 1.165) is 89.9 Å². The molecule has 1 amide bonds. The Balaban J connectivity index is 4.14. The quantitative estimate of drug-likeness (QED) is 0.0244. The lowest BCUT2D eigenvalue weighted by molar-refractivity contribution is -0.870. The molecule has 0 aromatic carbocycles. The van der Waals surface area contributed by atoms with E-state index in [1.807, 2.05) is 27.2 Å². The lowest BCUT2D eigenvalue weighted by Gasteiger charge is -2.25. The second-order valence-electron chi connectivity index (χ2n) is 17.4. The second kappa shape index (κ2) is 44.4. The summed E-state index contributed by atoms with van der Waals surface area (Å²) >= 11 is 0. The maximum atomic E-state index is 12.9. The van der Waals surface area contributed by atoms with E-state index in [1.54, 1.807) is 6.08 Å². The van der Waals surface area contributed by atoms with Gasteiger partial charge in [0.05, 0.1) is 39.9 Å². The van der Waals surface area contributed by atoms with Crippen LogP contribution in [0.1, 0.15) is 174 Å². The largest absolute Gasteiger partial charge is 0.472 e. The molecule has 3 unspecified atom stereocenters. The molecule has 3 atom stereocenters. The van der Waals surface area contributed by atoms with Crippen molar-refractivity contribution in [1.82, 2.24) is 5.32 Å². The van der Waals surface area contributed by atoms with E-state index in [2.05, 4.69) is 116 Å². The summed E-state index contributed by atoms with van der Waals surface area (Å²) < 4.78 is 23.5. The summed E-state index contributed by atoms with van der Waals surface area (Å²) in [5, 5.41) is 13.8. The zero-order valence-electron chi connectivity index (χ0n) is 40.8. The summed E-state index contributed by atoms with van der Waals surface area (Å²) in [5.41, 5.74) is 0. The predicted molar refractivity (Wildman–Crippen MR) is 272 cm³/mol. The third-order valence-corrected chi connectivity index (χ3v) is 11.2. The molecule has 360 valence electrons. The first-order chi connectivity index (χ1) is 30.5. The first-order valence-corrected chi connectivity index (χ1v) is 26.3. The standard InChI is InChI=1S/C54H93N2O6P/c1-6-8-10-12-14-16-18-19-20-21-22-23-24-25-26-27-28-29-30-31-32-33-34-35-36-37-38-40-42-44-46-48-54(58)55-52(51-62-63(59,60)61-50-49-56(3,4)5)53(57)47-45-43-41-39-17-15-13-11-9-7-2/h8-11,14,16-17,19-20,22-23,25-26,28-29,39,45,47,52-53,57H,6-7,12-13,15,18,21,24,27,30-38,40-44,46,48-51H2,1-5H3,(H-,55,58,59,60)/p+1/b10-8-,11-9+,16-14-,20-19-,23-22-,26-25-,29-28-,39-17+,47-45+. The number of nitrogens with zero attached hydrogens (tertiary/aromatic N) is 1. The van der Waals surface area contributed by atoms with Crippen molar-refractivity contribution >= 4 is 13.7 Å². The molecular weight excluding hydrogens is 804 g/mol. The molecule has 0 spiro atoms. The Morgan fingerprint density at radius 2 is 0.921 bits per heavy atom. The van der Waals surface area contributed by atoms with Crippen LogP contribution in [0, 0.1) is 0 Å². The lowest BCUT2D eigenvalue weighted by Crippen LogP contribution is -2.45. The fourth-order valence-electron chi connectivity index (χ4n) is 6.38. The topological polar surface area (TPSA) is 105 Å². The third-order valence-electron chi connectivity index (χ3n) is 10.2. The molecule has 9 heteroatoms. The van der Waals surface area contributed by atoms with Crippen LogP contribution in [0.15, 0.2) is 109 Å². The highest BCUT2D eigenvalue weighted by molar-refractivity contribution is 7.47. The van der Waals surface area contributed by atoms with Crippen molar-refractivity contribution in [2.45, 2.75) is 187 Å². The van der Waals surface area contributed by atoms with E-state index < -0.39 is 20.0 Å². The van der Waals surface area contributed by atoms with Crippen LogP contribution >= 0.6 is 7.82 Å². The minimum absolute atomic E-state index is 0.0476. The minimum atomic E-state index is -4.35. The number of quaternary nitrogens is 1. The summed E-state index contributed by atoms with van der Waals surface area (Å²) in [6.45, 7) is 4.52. The number of rotatable bonds is 43. The molecule has 0 aliphatic carbocycles. The Hall–Kier alpha value is -2.84. The highest BCUT2D eigenvalue weighted by atomic mass is 31.2. The number of amides is 1. The maximum absolute atomic E-state index is 12.9. The number of hydrogen-bond donors (Lipinski definition) is 3. The van der Waals surface area contributed by atoms with Crippen LogP contribution in [0.5, 0.6) is 0 Å². The van der Waals surface area contributed by atoms with Crippen molar-refractivity contribution in [2.75, 3.05) is 40.9 Å². The summed E-state index contributed by atoms with van der Waals surface area (Å²) in [6.07, 6.45) is 64.8. The molecule has 0 aliphatic rings. The highest BCUT2D eigenvalue weighted by Gasteiger charge is 2.27. The van der Waals surface area contributed by atoms with Gasteiger partial charge >= 0.3 is 7.82 Å². The summed E-state index contributed by atoms with van der Waals surface area (Å²) in [5.74, 6) is -0.202. The SMILES string of the molecule is CC/C=C\C/C=C\C/C=C\C/C=C\C/C=C\C/C=C\CCCCCCCCCCCCCCC(=O)NC(COP(=O)(O)OCC[N+](C)(C)C)C(O)/C=C/CC/C=C/CC/C=C/CC. The number of allylic oxidation sites excluding steroid dienone is 17. The van der Waals surface area contributed by atoms with Crippen molar-refractivity contribution in [3.8, 4) is 0 Å². The zero-order valence-corrected chi connectivity index (χ0v) is 41.7. The number of unbranched alkanes of at least 4 members (excludes halogenated alkanes) is 14. The van der Waals surface area contributed by atoms with Crippen molar-refractivity contribution in [1.29, 1.82) is 0 Å². The average molecular weight is 898 g/mol. The van der Waals surface area contributed by atoms with Gasteiger partial charge in [0.25, 0.3) is 0 Å². The molecule has 3 N–H and O–H groups in total. The number of hydrogen-bond acceptors (Lipinski definition) is 5. The van der Waals surface area contributed by atoms with Gasteiger partial charge in [-0.3, -0.25) is 13.8 Å². The van der Waals surface area contributed by atoms with Crippen LogP contribution in [0.2, 0.25) is 0 Å². The van der Waals surface area contributed by atoms with Crippen LogP contribution in [-0.2, 0) is 18.4 Å². The third kappa shape index (κ3) is 47.0. The predicted octanol–water partition coefficient (Wildman–Crippen LogP) is 14.5. The first-order valence-electron chi connectivity index (χ1n) is 24.8. The van der Waals surface area contributed by atoms with Gasteiger partial charge in [-0.15, -0.1) is 0 Å². The molecular formula is C54H94N2O6P+. The van der Waals surface area contributed by atoms with Crippen LogP contribution in [0.4, 0.5) is 0 Å². The van der Waals surface area contributed by atoms with Gasteiger partial charge in [0.1, 0.15) is 13.2 Å². The van der Waals surface area contributed by atoms with Gasteiger partial charge in [-0.05, 0) is 89.9 Å². The zero-order chi connectivity index (χ0) is 46.4. The molecule has 0 rings (SSSR count). The molecule has 0 saturated carbocycles. The Kier molecular flexibility index (Phi) is 42.4. The van der Waals surface area contributed by atoms with Crippen LogP contribution < -0.4 is 5.32 Å². The molecule has 0 bridgehead atoms. The number of phosphoric acid groups is 1. The number of carbonyl (C=O) groups is 1. The lowest BCUT2D eigenvalue weighted by atomic mass is 10.0. The van der Waals surface area contributed by atoms with Crippen molar-refractivity contribution in [3.05, 3.63) is 109 Å². The van der Waals surface area contributed by atoms with E-state index in [4.69, 9.17) is 9.05 Å². The second-order valence-corrected chi connectivity index (χ2v) is 18.9. The van der Waals surface area contributed by atoms with Crippen molar-refractivity contribution in [2.24, 2.45) is 0 Å². The van der Waals surface area contributed by atoms with Gasteiger partial charge in [0.15, 0.2) is 0 Å². The summed E-state index contributed by atoms with van der Waals surface area (Å²) in [7, 11) is 1.53.